The van der Waals surface area contributed by atoms with Gasteiger partial charge in [0, 0.05) is 38.6 Å². The summed E-state index contributed by atoms with van der Waals surface area (Å²) in [5.41, 5.74) is -5.42. The summed E-state index contributed by atoms with van der Waals surface area (Å²) in [6.07, 6.45) is -15.1. The lowest BCUT2D eigenvalue weighted by Crippen LogP contribution is -2.52. The molecule has 1 saturated heterocycles. The first kappa shape index (κ1) is 32.8. The fourth-order valence-electron chi connectivity index (χ4n) is 3.70. The Balaban J connectivity index is 1.55. The largest absolute Gasteiger partial charge is 0.522 e. The molecular formula is C21H22F9N7O5. The monoisotopic (exact) mass is 623 g/mol. The molecule has 0 aliphatic carbocycles. The summed E-state index contributed by atoms with van der Waals surface area (Å²) >= 11 is 0. The third-order valence-electron chi connectivity index (χ3n) is 5.67. The maximum Gasteiger partial charge on any atom is 0.522 e. The smallest absolute Gasteiger partial charge is 0.381 e. The van der Waals surface area contributed by atoms with Gasteiger partial charge in [0.15, 0.2) is 6.10 Å². The van der Waals surface area contributed by atoms with E-state index in [1.165, 1.54) is 9.80 Å². The van der Waals surface area contributed by atoms with E-state index in [2.05, 4.69) is 25.1 Å². The first-order chi connectivity index (χ1) is 19.5. The van der Waals surface area contributed by atoms with E-state index in [1.54, 1.807) is 5.10 Å². The summed E-state index contributed by atoms with van der Waals surface area (Å²) < 4.78 is 124. The molecule has 3 rings (SSSR count). The van der Waals surface area contributed by atoms with Crippen LogP contribution in [0.3, 0.4) is 0 Å². The van der Waals surface area contributed by atoms with E-state index in [0.29, 0.717) is 18.6 Å². The van der Waals surface area contributed by atoms with Crippen LogP contribution < -0.4 is 15.8 Å². The van der Waals surface area contributed by atoms with Gasteiger partial charge in [-0.2, -0.15) is 31.4 Å². The Bertz CT molecular complexity index is 1250. The summed E-state index contributed by atoms with van der Waals surface area (Å²) in [6.45, 7) is -2.66. The zero-order valence-electron chi connectivity index (χ0n) is 21.1. The maximum absolute atomic E-state index is 13.3. The van der Waals surface area contributed by atoms with E-state index < -0.39 is 79.0 Å². The van der Waals surface area contributed by atoms with Gasteiger partial charge in [-0.15, -0.1) is 13.2 Å². The quantitative estimate of drug-likeness (QED) is 0.334. The molecule has 0 aromatic carbocycles. The highest BCUT2D eigenvalue weighted by atomic mass is 19.4. The van der Waals surface area contributed by atoms with Crippen molar-refractivity contribution >= 4 is 17.5 Å². The number of carbonyl (C=O) groups is 1. The number of aromatic nitrogens is 4. The van der Waals surface area contributed by atoms with Crippen molar-refractivity contribution in [1.82, 2.24) is 25.1 Å². The number of anilines is 2. The Hall–Kier alpha value is -3.72. The average Bonchev–Trinajstić information content (AvgIpc) is 2.89. The van der Waals surface area contributed by atoms with Gasteiger partial charge in [-0.1, -0.05) is 0 Å². The Morgan fingerprint density at radius 1 is 0.952 bits per heavy atom. The van der Waals surface area contributed by atoms with E-state index in [0.717, 1.165) is 0 Å². The van der Waals surface area contributed by atoms with Crippen LogP contribution in [0.2, 0.25) is 0 Å². The fourth-order valence-corrected chi connectivity index (χ4v) is 3.70. The number of nitrogens with one attached hydrogen (secondary N) is 2. The molecule has 3 heterocycles. The van der Waals surface area contributed by atoms with Crippen LogP contribution in [0.1, 0.15) is 11.1 Å². The number of halogens is 9. The number of nitrogens with zero attached hydrogens (tertiary/aromatic N) is 5. The summed E-state index contributed by atoms with van der Waals surface area (Å²) in [6, 6.07) is -1.65. The van der Waals surface area contributed by atoms with Gasteiger partial charge in [-0.3, -0.25) is 14.3 Å². The minimum Gasteiger partial charge on any atom is -0.381 e. The molecule has 1 aliphatic heterocycles. The molecule has 1 amide bonds. The van der Waals surface area contributed by atoms with Gasteiger partial charge in [-0.05, 0) is 0 Å². The third kappa shape index (κ3) is 9.14. The average molecular weight is 623 g/mol. The highest BCUT2D eigenvalue weighted by Crippen LogP contribution is 2.32. The summed E-state index contributed by atoms with van der Waals surface area (Å²) in [7, 11) is 0. The minimum atomic E-state index is -5.19. The number of amides is 1. The SMILES string of the molecule is O=C([C@H](O)COC[C@@H](COC(F)(F)F)Nc1cn[nH]c(=O)c1C(F)(F)F)N1CCN(c2ncc(C(F)(F)F)cn2)CC1. The molecule has 0 spiro atoms. The minimum absolute atomic E-state index is 0.000346. The molecule has 2 aromatic rings. The van der Waals surface area contributed by atoms with Crippen LogP contribution in [0.25, 0.3) is 0 Å². The molecule has 0 radical (unpaired) electrons. The number of aliphatic hydroxyl groups excluding tert-OH is 1. The number of carbonyl (C=O) groups excluding carboxylic acids is 1. The Labute approximate surface area is 229 Å². The molecule has 0 saturated carbocycles. The Morgan fingerprint density at radius 3 is 2.12 bits per heavy atom. The normalized spacial score (nSPS) is 16.3. The van der Waals surface area contributed by atoms with Gasteiger partial charge in [0.2, 0.25) is 5.95 Å². The van der Waals surface area contributed by atoms with Gasteiger partial charge in [0.1, 0.15) is 5.56 Å². The lowest BCUT2D eigenvalue weighted by molar-refractivity contribution is -0.325. The third-order valence-corrected chi connectivity index (χ3v) is 5.67. The second-order valence-corrected chi connectivity index (χ2v) is 8.72. The van der Waals surface area contributed by atoms with Crippen LogP contribution in [-0.2, 0) is 26.6 Å². The molecule has 234 valence electrons. The number of aromatic amines is 1. The van der Waals surface area contributed by atoms with Crippen molar-refractivity contribution < 1.29 is 58.9 Å². The van der Waals surface area contributed by atoms with Crippen molar-refractivity contribution in [2.75, 3.05) is 56.2 Å². The van der Waals surface area contributed by atoms with Crippen molar-refractivity contribution in [3.63, 3.8) is 0 Å². The number of aliphatic hydroxyl groups is 1. The van der Waals surface area contributed by atoms with Crippen molar-refractivity contribution in [2.45, 2.75) is 30.9 Å². The lowest BCUT2D eigenvalue weighted by atomic mass is 10.2. The van der Waals surface area contributed by atoms with Crippen molar-refractivity contribution in [1.29, 1.82) is 0 Å². The van der Waals surface area contributed by atoms with Gasteiger partial charge in [0.05, 0.1) is 43.3 Å². The summed E-state index contributed by atoms with van der Waals surface area (Å²) in [4.78, 5) is 34.2. The van der Waals surface area contributed by atoms with Crippen LogP contribution >= 0.6 is 0 Å². The van der Waals surface area contributed by atoms with Crippen LogP contribution in [-0.4, -0.2) is 101 Å². The van der Waals surface area contributed by atoms with Gasteiger partial charge in [0.25, 0.3) is 11.5 Å². The standard InChI is InChI=1S/C21H22F9N7O5/c22-19(23,24)11-5-31-18(32-6-11)37-3-1-36(2-4-37)17(40)14(38)10-41-8-12(9-42-21(28,29)30)34-13-7-33-35-16(39)15(13)20(25,26)27/h5-7,12,14,38H,1-4,8-10H2,(H2,34,35,39)/t12-,14+/m0/s1. The molecule has 0 unspecified atom stereocenters. The van der Waals surface area contributed by atoms with Gasteiger partial charge >= 0.3 is 18.7 Å². The van der Waals surface area contributed by atoms with Crippen molar-refractivity contribution in [3.05, 3.63) is 40.1 Å². The zero-order valence-corrected chi connectivity index (χ0v) is 21.1. The maximum atomic E-state index is 13.3. The van der Waals surface area contributed by atoms with Gasteiger partial charge < -0.3 is 25.0 Å². The molecule has 2 atom stereocenters. The number of H-pyrrole nitrogens is 1. The summed E-state index contributed by atoms with van der Waals surface area (Å²) in [5, 5.41) is 17.0. The van der Waals surface area contributed by atoms with Crippen molar-refractivity contribution in [2.24, 2.45) is 0 Å². The van der Waals surface area contributed by atoms with Crippen LogP contribution in [0.5, 0.6) is 0 Å². The molecule has 12 nitrogen and oxygen atoms in total. The molecule has 42 heavy (non-hydrogen) atoms. The number of hydrogen-bond acceptors (Lipinski definition) is 10. The van der Waals surface area contributed by atoms with Crippen LogP contribution in [0, 0.1) is 0 Å². The van der Waals surface area contributed by atoms with Gasteiger partial charge in [-0.25, -0.2) is 15.1 Å². The molecule has 2 aromatic heterocycles. The van der Waals surface area contributed by atoms with Crippen molar-refractivity contribution in [3.8, 4) is 0 Å². The van der Waals surface area contributed by atoms with E-state index in [9.17, 15) is 54.2 Å². The predicted molar refractivity (Wildman–Crippen MR) is 122 cm³/mol. The topological polar surface area (TPSA) is 146 Å². The summed E-state index contributed by atoms with van der Waals surface area (Å²) in [5.74, 6) is -0.861. The highest BCUT2D eigenvalue weighted by molar-refractivity contribution is 5.81. The van der Waals surface area contributed by atoms with E-state index in [1.807, 2.05) is 0 Å². The van der Waals surface area contributed by atoms with Crippen LogP contribution in [0.15, 0.2) is 23.4 Å². The molecule has 1 aliphatic rings. The first-order valence-electron chi connectivity index (χ1n) is 11.8. The fraction of sp³-hybridized carbons (Fsp3) is 0.571. The zero-order chi connectivity index (χ0) is 31.3. The highest BCUT2D eigenvalue weighted by Gasteiger charge is 2.38. The Morgan fingerprint density at radius 2 is 1.57 bits per heavy atom. The lowest BCUT2D eigenvalue weighted by Gasteiger charge is -2.35. The second-order valence-electron chi connectivity index (χ2n) is 8.72. The molecular weight excluding hydrogens is 601 g/mol. The Kier molecular flexibility index (Phi) is 10.2. The molecule has 1 fully saturated rings. The second kappa shape index (κ2) is 13.1. The number of hydrogen-bond donors (Lipinski definition) is 3. The molecule has 21 heteroatoms. The van der Waals surface area contributed by atoms with E-state index in [4.69, 9.17) is 4.74 Å². The number of piperazine rings is 1. The predicted octanol–water partition coefficient (Wildman–Crippen LogP) is 1.64. The van der Waals surface area contributed by atoms with E-state index in [-0.39, 0.29) is 32.1 Å². The van der Waals surface area contributed by atoms with Crippen LogP contribution in [0.4, 0.5) is 51.1 Å². The molecule has 3 N–H and O–H groups in total. The first-order valence-corrected chi connectivity index (χ1v) is 11.8. The number of ether oxygens (including phenoxy) is 2. The number of alkyl halides is 9. The number of rotatable bonds is 10. The molecule has 0 bridgehead atoms. The van der Waals surface area contributed by atoms with E-state index >= 15 is 0 Å².